The number of para-hydroxylation sites is 1. The highest BCUT2D eigenvalue weighted by Crippen LogP contribution is 2.38. The molecule has 2 heterocycles. The number of aliphatic hydroxyl groups excluding tert-OH is 1. The molecule has 7 heteroatoms. The second-order valence-electron chi connectivity index (χ2n) is 10.1. The minimum absolute atomic E-state index is 0.0596. The fraction of sp³-hybridized carbons (Fsp3) is 0.258. The molecule has 0 bridgehead atoms. The molecule has 2 amide bonds. The van der Waals surface area contributed by atoms with Crippen molar-refractivity contribution < 1.29 is 19.5 Å². The normalized spacial score (nSPS) is 22.0. The highest BCUT2D eigenvalue weighted by atomic mass is 16.3. The largest absolute Gasteiger partial charge is 0.386 e. The fourth-order valence-electron chi connectivity index (χ4n) is 5.11. The van der Waals surface area contributed by atoms with Gasteiger partial charge in [0.05, 0.1) is 23.8 Å². The molecule has 2 N–H and O–H groups in total. The zero-order valence-corrected chi connectivity index (χ0v) is 21.6. The number of carbonyl (C=O) groups excluding carboxylic acids is 3. The van der Waals surface area contributed by atoms with Crippen molar-refractivity contribution >= 4 is 29.0 Å². The van der Waals surface area contributed by atoms with E-state index in [1.54, 1.807) is 65.7 Å². The van der Waals surface area contributed by atoms with E-state index >= 15 is 0 Å². The second-order valence-corrected chi connectivity index (χ2v) is 10.1. The van der Waals surface area contributed by atoms with Crippen molar-refractivity contribution in [2.45, 2.75) is 44.9 Å². The molecule has 194 valence electrons. The van der Waals surface area contributed by atoms with Gasteiger partial charge in [-0.2, -0.15) is 0 Å². The maximum atomic E-state index is 13.8. The topological polar surface area (TPSA) is 90.0 Å². The number of fused-ring (bicyclic) bond motifs is 1. The number of nitrogens with one attached hydrogen (secondary N) is 1. The molecule has 3 aromatic rings. The van der Waals surface area contributed by atoms with Crippen LogP contribution in [0, 0.1) is 5.92 Å². The molecule has 0 spiro atoms. The standard InChI is InChI=1S/C31H31N3O4/c1-19(2)21-13-15-24(16-14-21)32-34-27(29(36)23-11-9-22(10-12-23)20(3)35)18-17-26-28(34)31(38)33(30(26)37)25-7-5-4-6-8-25/h4-19,26-29,32,36H,1-3H3. The molecule has 7 nitrogen and oxygen atoms in total. The van der Waals surface area contributed by atoms with Crippen LogP contribution in [0.2, 0.25) is 0 Å². The molecule has 2 aliphatic heterocycles. The summed E-state index contributed by atoms with van der Waals surface area (Å²) in [6.07, 6.45) is 2.48. The van der Waals surface area contributed by atoms with Crippen LogP contribution in [0.5, 0.6) is 0 Å². The molecule has 3 aromatic carbocycles. The Kier molecular flexibility index (Phi) is 6.97. The molecule has 0 radical (unpaired) electrons. The van der Waals surface area contributed by atoms with Gasteiger partial charge < -0.3 is 10.5 Å². The molecule has 0 saturated carbocycles. The van der Waals surface area contributed by atoms with Gasteiger partial charge in [0.2, 0.25) is 5.91 Å². The SMILES string of the molecule is CC(=O)c1ccc(C(O)C2C=CC3C(=O)N(c4ccccc4)C(=O)C3N2Nc2ccc(C(C)C)cc2)cc1. The molecule has 0 aromatic heterocycles. The highest BCUT2D eigenvalue weighted by molar-refractivity contribution is 6.24. The van der Waals surface area contributed by atoms with Gasteiger partial charge in [0.15, 0.2) is 5.78 Å². The number of ketones is 1. The van der Waals surface area contributed by atoms with Crippen LogP contribution in [-0.2, 0) is 9.59 Å². The third-order valence-electron chi connectivity index (χ3n) is 7.29. The second kappa shape index (κ2) is 10.4. The number of nitrogens with zero attached hydrogens (tertiary/aromatic N) is 2. The molecule has 0 aliphatic carbocycles. The van der Waals surface area contributed by atoms with Crippen LogP contribution in [0.4, 0.5) is 11.4 Å². The molecule has 5 rings (SSSR count). The number of aliphatic hydroxyl groups is 1. The van der Waals surface area contributed by atoms with Crippen LogP contribution in [-0.4, -0.2) is 39.8 Å². The maximum absolute atomic E-state index is 13.8. The summed E-state index contributed by atoms with van der Waals surface area (Å²) >= 11 is 0. The van der Waals surface area contributed by atoms with E-state index in [0.717, 1.165) is 5.69 Å². The molecular formula is C31H31N3O4. The first kappa shape index (κ1) is 25.6. The van der Waals surface area contributed by atoms with Crippen molar-refractivity contribution in [2.24, 2.45) is 5.92 Å². The molecule has 38 heavy (non-hydrogen) atoms. The highest BCUT2D eigenvalue weighted by Gasteiger charge is 2.54. The van der Waals surface area contributed by atoms with E-state index in [2.05, 4.69) is 19.3 Å². The number of carbonyl (C=O) groups is 3. The summed E-state index contributed by atoms with van der Waals surface area (Å²) in [5.41, 5.74) is 6.93. The van der Waals surface area contributed by atoms with Gasteiger partial charge in [-0.05, 0) is 48.2 Å². The van der Waals surface area contributed by atoms with Crippen LogP contribution in [0.1, 0.15) is 54.3 Å². The van der Waals surface area contributed by atoms with Crippen LogP contribution < -0.4 is 10.3 Å². The maximum Gasteiger partial charge on any atom is 0.254 e. The minimum Gasteiger partial charge on any atom is -0.386 e. The first-order chi connectivity index (χ1) is 18.3. The summed E-state index contributed by atoms with van der Waals surface area (Å²) in [4.78, 5) is 40.2. The summed E-state index contributed by atoms with van der Waals surface area (Å²) in [6, 6.07) is 22.1. The van der Waals surface area contributed by atoms with Gasteiger partial charge in [0.1, 0.15) is 6.04 Å². The molecular weight excluding hydrogens is 478 g/mol. The van der Waals surface area contributed by atoms with E-state index in [9.17, 15) is 19.5 Å². The van der Waals surface area contributed by atoms with Gasteiger partial charge in [-0.3, -0.25) is 14.4 Å². The number of hydrogen-bond donors (Lipinski definition) is 2. The van der Waals surface area contributed by atoms with Crippen LogP contribution in [0.3, 0.4) is 0 Å². The quantitative estimate of drug-likeness (QED) is 0.268. The van der Waals surface area contributed by atoms with Gasteiger partial charge in [-0.1, -0.05) is 80.6 Å². The summed E-state index contributed by atoms with van der Waals surface area (Å²) in [6.45, 7) is 5.73. The number of benzene rings is 3. The molecule has 1 saturated heterocycles. The number of hydrogen-bond acceptors (Lipinski definition) is 6. The van der Waals surface area contributed by atoms with E-state index in [1.165, 1.54) is 17.4 Å². The number of hydrazine groups is 1. The lowest BCUT2D eigenvalue weighted by Gasteiger charge is -2.40. The van der Waals surface area contributed by atoms with Gasteiger partial charge in [-0.25, -0.2) is 9.91 Å². The van der Waals surface area contributed by atoms with Crippen molar-refractivity contribution in [3.63, 3.8) is 0 Å². The Morgan fingerprint density at radius 2 is 1.47 bits per heavy atom. The van der Waals surface area contributed by atoms with E-state index in [4.69, 9.17) is 0 Å². The van der Waals surface area contributed by atoms with E-state index in [0.29, 0.717) is 22.7 Å². The molecule has 2 aliphatic rings. The zero-order chi connectivity index (χ0) is 27.0. The lowest BCUT2D eigenvalue weighted by Crippen LogP contribution is -2.55. The van der Waals surface area contributed by atoms with Crippen LogP contribution in [0.25, 0.3) is 0 Å². The van der Waals surface area contributed by atoms with Crippen molar-refractivity contribution in [2.75, 3.05) is 10.3 Å². The lowest BCUT2D eigenvalue weighted by molar-refractivity contribution is -0.123. The molecule has 4 unspecified atom stereocenters. The van der Waals surface area contributed by atoms with E-state index < -0.39 is 24.1 Å². The summed E-state index contributed by atoms with van der Waals surface area (Å²) < 4.78 is 0. The van der Waals surface area contributed by atoms with Gasteiger partial charge >= 0.3 is 0 Å². The van der Waals surface area contributed by atoms with Crippen LogP contribution >= 0.6 is 0 Å². The van der Waals surface area contributed by atoms with Gasteiger partial charge in [-0.15, -0.1) is 0 Å². The van der Waals surface area contributed by atoms with Crippen LogP contribution in [0.15, 0.2) is 91.0 Å². The van der Waals surface area contributed by atoms with Crippen molar-refractivity contribution in [1.82, 2.24) is 5.01 Å². The van der Waals surface area contributed by atoms with Crippen molar-refractivity contribution in [3.05, 3.63) is 108 Å². The number of amides is 2. The predicted molar refractivity (Wildman–Crippen MR) is 147 cm³/mol. The number of rotatable bonds is 7. The smallest absolute Gasteiger partial charge is 0.254 e. The average molecular weight is 510 g/mol. The first-order valence-electron chi connectivity index (χ1n) is 12.8. The number of Topliss-reactive ketones (excluding diaryl/α,β-unsaturated/α-hetero) is 1. The summed E-state index contributed by atoms with van der Waals surface area (Å²) in [7, 11) is 0. The summed E-state index contributed by atoms with van der Waals surface area (Å²) in [5, 5.41) is 13.2. The molecule has 4 atom stereocenters. The first-order valence-corrected chi connectivity index (χ1v) is 12.8. The van der Waals surface area contributed by atoms with Gasteiger partial charge in [0.25, 0.3) is 5.91 Å². The Hall–Kier alpha value is -4.07. The monoisotopic (exact) mass is 509 g/mol. The summed E-state index contributed by atoms with van der Waals surface area (Å²) in [5.74, 6) is -1.05. The Labute approximate surface area is 222 Å². The average Bonchev–Trinajstić information content (AvgIpc) is 3.19. The fourth-order valence-corrected chi connectivity index (χ4v) is 5.11. The third kappa shape index (κ3) is 4.66. The predicted octanol–water partition coefficient (Wildman–Crippen LogP) is 4.87. The van der Waals surface area contributed by atoms with E-state index in [1.807, 2.05) is 30.3 Å². The Morgan fingerprint density at radius 3 is 2.08 bits per heavy atom. The molecule has 1 fully saturated rings. The Balaban J connectivity index is 1.52. The Morgan fingerprint density at radius 1 is 0.842 bits per heavy atom. The van der Waals surface area contributed by atoms with E-state index in [-0.39, 0.29) is 17.6 Å². The Bertz CT molecular complexity index is 1370. The van der Waals surface area contributed by atoms with Gasteiger partial charge in [0, 0.05) is 11.3 Å². The number of anilines is 2. The van der Waals surface area contributed by atoms with Crippen molar-refractivity contribution in [1.29, 1.82) is 0 Å². The lowest BCUT2D eigenvalue weighted by atomic mass is 9.90. The minimum atomic E-state index is -1.02. The third-order valence-corrected chi connectivity index (χ3v) is 7.29. The number of imide groups is 1. The van der Waals surface area contributed by atoms with Crippen molar-refractivity contribution in [3.8, 4) is 0 Å². The zero-order valence-electron chi connectivity index (χ0n) is 21.6.